The first-order chi connectivity index (χ1) is 10.9. The molecule has 3 unspecified atom stereocenters. The van der Waals surface area contributed by atoms with Gasteiger partial charge in [0.15, 0.2) is 0 Å². The maximum Gasteiger partial charge on any atom is 0.0790 e. The molecular weight excluding hydrogens is 284 g/mol. The highest BCUT2D eigenvalue weighted by Crippen LogP contribution is 2.39. The number of benzene rings is 1. The minimum atomic E-state index is -0.631. The topological polar surface area (TPSA) is 40.5 Å². The minimum Gasteiger partial charge on any atom is -0.389 e. The lowest BCUT2D eigenvalue weighted by atomic mass is 9.92. The van der Waals surface area contributed by atoms with Crippen molar-refractivity contribution in [2.24, 2.45) is 5.92 Å². The Bertz CT molecular complexity index is 485. The first-order valence-electron chi connectivity index (χ1n) is 9.15. The van der Waals surface area contributed by atoms with Gasteiger partial charge in [-0.3, -0.25) is 0 Å². The highest BCUT2D eigenvalue weighted by Gasteiger charge is 2.34. The molecule has 0 aliphatic heterocycles. The van der Waals surface area contributed by atoms with Crippen LogP contribution in [-0.4, -0.2) is 15.8 Å². The zero-order valence-corrected chi connectivity index (χ0v) is 15.5. The average molecular weight is 319 g/mol. The molecule has 0 saturated carbocycles. The Labute approximate surface area is 142 Å². The predicted molar refractivity (Wildman–Crippen MR) is 99.3 cm³/mol. The number of hydrogen-bond acceptors (Lipinski definition) is 2. The number of unbranched alkanes of at least 4 members (excludes halogenated alkanes) is 2. The van der Waals surface area contributed by atoms with Crippen molar-refractivity contribution in [3.05, 3.63) is 41.5 Å². The van der Waals surface area contributed by atoms with Crippen LogP contribution in [0.2, 0.25) is 0 Å². The second-order valence-electron chi connectivity index (χ2n) is 6.65. The molecule has 1 aliphatic carbocycles. The SMILES string of the molecule is CC.CCCCCC(O)c1ccc(C2=CC(C)C(C)(O)C2)cc1. The maximum absolute atomic E-state index is 10.3. The Kier molecular flexibility index (Phi) is 8.01. The fourth-order valence-electron chi connectivity index (χ4n) is 2.96. The van der Waals surface area contributed by atoms with Gasteiger partial charge in [0.05, 0.1) is 11.7 Å². The summed E-state index contributed by atoms with van der Waals surface area (Å²) in [7, 11) is 0. The normalized spacial score (nSPS) is 24.7. The van der Waals surface area contributed by atoms with Gasteiger partial charge in [0.1, 0.15) is 0 Å². The van der Waals surface area contributed by atoms with Crippen molar-refractivity contribution in [3.8, 4) is 0 Å². The highest BCUT2D eigenvalue weighted by atomic mass is 16.3. The lowest BCUT2D eigenvalue weighted by Crippen LogP contribution is -2.27. The van der Waals surface area contributed by atoms with E-state index in [1.807, 2.05) is 32.9 Å². The Balaban J connectivity index is 0.00000127. The summed E-state index contributed by atoms with van der Waals surface area (Å²) in [5.41, 5.74) is 2.73. The van der Waals surface area contributed by atoms with E-state index >= 15 is 0 Å². The quantitative estimate of drug-likeness (QED) is 0.680. The van der Waals surface area contributed by atoms with Gasteiger partial charge in [-0.1, -0.05) is 77.3 Å². The first kappa shape index (κ1) is 19.9. The molecule has 0 fully saturated rings. The average Bonchev–Trinajstić information content (AvgIpc) is 2.83. The van der Waals surface area contributed by atoms with Gasteiger partial charge < -0.3 is 10.2 Å². The van der Waals surface area contributed by atoms with E-state index in [-0.39, 0.29) is 12.0 Å². The zero-order valence-electron chi connectivity index (χ0n) is 15.5. The van der Waals surface area contributed by atoms with Crippen LogP contribution in [0.25, 0.3) is 5.57 Å². The van der Waals surface area contributed by atoms with Crippen LogP contribution in [0.15, 0.2) is 30.3 Å². The van der Waals surface area contributed by atoms with Gasteiger partial charge in [0, 0.05) is 12.3 Å². The van der Waals surface area contributed by atoms with Crippen LogP contribution in [0.3, 0.4) is 0 Å². The molecule has 0 spiro atoms. The molecule has 0 heterocycles. The maximum atomic E-state index is 10.3. The van der Waals surface area contributed by atoms with Gasteiger partial charge in [0.2, 0.25) is 0 Å². The van der Waals surface area contributed by atoms with Crippen molar-refractivity contribution < 1.29 is 10.2 Å². The molecule has 2 rings (SSSR count). The van der Waals surface area contributed by atoms with E-state index in [1.54, 1.807) is 0 Å². The molecule has 0 amide bonds. The lowest BCUT2D eigenvalue weighted by molar-refractivity contribution is 0.0383. The van der Waals surface area contributed by atoms with E-state index in [4.69, 9.17) is 0 Å². The third-order valence-corrected chi connectivity index (χ3v) is 4.73. The van der Waals surface area contributed by atoms with Crippen molar-refractivity contribution in [2.45, 2.75) is 78.4 Å². The van der Waals surface area contributed by atoms with Gasteiger partial charge in [-0.2, -0.15) is 0 Å². The van der Waals surface area contributed by atoms with Crippen molar-refractivity contribution >= 4 is 5.57 Å². The fourth-order valence-corrected chi connectivity index (χ4v) is 2.96. The Morgan fingerprint density at radius 1 is 1.17 bits per heavy atom. The lowest BCUT2D eigenvalue weighted by Gasteiger charge is -2.22. The summed E-state index contributed by atoms with van der Waals surface area (Å²) in [6, 6.07) is 8.17. The molecule has 1 aliphatic rings. The van der Waals surface area contributed by atoms with Crippen LogP contribution < -0.4 is 0 Å². The van der Waals surface area contributed by atoms with Crippen molar-refractivity contribution in [1.29, 1.82) is 0 Å². The van der Waals surface area contributed by atoms with Gasteiger partial charge in [-0.15, -0.1) is 0 Å². The Hall–Kier alpha value is -1.12. The minimum absolute atomic E-state index is 0.187. The molecule has 1 aromatic rings. The monoisotopic (exact) mass is 318 g/mol. The van der Waals surface area contributed by atoms with Crippen LogP contribution in [0, 0.1) is 5.92 Å². The summed E-state index contributed by atoms with van der Waals surface area (Å²) < 4.78 is 0. The summed E-state index contributed by atoms with van der Waals surface area (Å²) >= 11 is 0. The number of rotatable bonds is 6. The summed E-state index contributed by atoms with van der Waals surface area (Å²) in [6.45, 7) is 10.1. The summed E-state index contributed by atoms with van der Waals surface area (Å²) in [5, 5.41) is 20.4. The molecule has 0 saturated heterocycles. The van der Waals surface area contributed by atoms with E-state index in [2.05, 4.69) is 32.1 Å². The van der Waals surface area contributed by atoms with Crippen molar-refractivity contribution in [1.82, 2.24) is 0 Å². The third kappa shape index (κ3) is 5.47. The van der Waals surface area contributed by atoms with E-state index in [0.717, 1.165) is 24.0 Å². The number of hydrogen-bond donors (Lipinski definition) is 2. The van der Waals surface area contributed by atoms with Crippen LogP contribution in [0.4, 0.5) is 0 Å². The Morgan fingerprint density at radius 2 is 1.78 bits per heavy atom. The van der Waals surface area contributed by atoms with Crippen LogP contribution in [0.1, 0.15) is 84.0 Å². The predicted octanol–water partition coefficient (Wildman–Crippen LogP) is 5.50. The van der Waals surface area contributed by atoms with E-state index in [9.17, 15) is 10.2 Å². The molecule has 23 heavy (non-hydrogen) atoms. The smallest absolute Gasteiger partial charge is 0.0790 e. The van der Waals surface area contributed by atoms with Crippen LogP contribution in [0.5, 0.6) is 0 Å². The summed E-state index contributed by atoms with van der Waals surface area (Å²) in [5.74, 6) is 0.187. The van der Waals surface area contributed by atoms with E-state index in [1.165, 1.54) is 18.4 Å². The second-order valence-corrected chi connectivity index (χ2v) is 6.65. The van der Waals surface area contributed by atoms with Crippen molar-refractivity contribution in [2.75, 3.05) is 0 Å². The molecule has 0 bridgehead atoms. The second kappa shape index (κ2) is 9.24. The first-order valence-corrected chi connectivity index (χ1v) is 9.15. The summed E-state index contributed by atoms with van der Waals surface area (Å²) in [6.07, 6.45) is 6.77. The highest BCUT2D eigenvalue weighted by molar-refractivity contribution is 5.69. The van der Waals surface area contributed by atoms with Crippen molar-refractivity contribution in [3.63, 3.8) is 0 Å². The molecule has 2 nitrogen and oxygen atoms in total. The molecular formula is C21H34O2. The van der Waals surface area contributed by atoms with E-state index < -0.39 is 5.60 Å². The van der Waals surface area contributed by atoms with Gasteiger partial charge in [-0.25, -0.2) is 0 Å². The molecule has 3 atom stereocenters. The largest absolute Gasteiger partial charge is 0.389 e. The standard InChI is InChI=1S/C19H28O2.C2H6/c1-4-5-6-7-18(20)16-10-8-15(9-11-16)17-12-14(2)19(3,21)13-17;1-2/h8-12,14,18,20-21H,4-7,13H2,1-3H3;1-2H3. The fraction of sp³-hybridized carbons (Fsp3) is 0.619. The van der Waals surface area contributed by atoms with Gasteiger partial charge in [-0.05, 0) is 30.0 Å². The Morgan fingerprint density at radius 3 is 2.26 bits per heavy atom. The van der Waals surface area contributed by atoms with E-state index in [0.29, 0.717) is 6.42 Å². The molecule has 2 N–H and O–H groups in total. The van der Waals surface area contributed by atoms with Crippen LogP contribution in [-0.2, 0) is 0 Å². The molecule has 0 aromatic heterocycles. The molecule has 0 radical (unpaired) electrons. The molecule has 2 heteroatoms. The zero-order chi connectivity index (χ0) is 17.5. The number of aliphatic hydroxyl groups excluding tert-OH is 1. The summed E-state index contributed by atoms with van der Waals surface area (Å²) in [4.78, 5) is 0. The van der Waals surface area contributed by atoms with Gasteiger partial charge >= 0.3 is 0 Å². The van der Waals surface area contributed by atoms with Gasteiger partial charge in [0.25, 0.3) is 0 Å². The third-order valence-electron chi connectivity index (χ3n) is 4.73. The van der Waals surface area contributed by atoms with Crippen LogP contribution >= 0.6 is 0 Å². The molecule has 1 aromatic carbocycles. The number of aliphatic hydroxyl groups is 2. The molecule has 130 valence electrons.